The number of nitrogens with zero attached hydrogens (tertiary/aromatic N) is 1. The summed E-state index contributed by atoms with van der Waals surface area (Å²) in [5.74, 6) is 0. The zero-order valence-corrected chi connectivity index (χ0v) is 13.3. The lowest BCUT2D eigenvalue weighted by molar-refractivity contribution is 0.187. The predicted molar refractivity (Wildman–Crippen MR) is 92.9 cm³/mol. The number of hydrogen-bond acceptors (Lipinski definition) is 2. The molecule has 2 aromatic carbocycles. The Kier molecular flexibility index (Phi) is 4.35. The van der Waals surface area contributed by atoms with Crippen molar-refractivity contribution in [1.29, 1.82) is 0 Å². The van der Waals surface area contributed by atoms with Crippen LogP contribution in [0.15, 0.2) is 54.6 Å². The summed E-state index contributed by atoms with van der Waals surface area (Å²) in [6.07, 6.45) is 0.725. The van der Waals surface area contributed by atoms with E-state index >= 15 is 0 Å². The Labute approximate surface area is 136 Å². The van der Waals surface area contributed by atoms with Crippen molar-refractivity contribution in [3.63, 3.8) is 0 Å². The van der Waals surface area contributed by atoms with Crippen LogP contribution in [0.2, 0.25) is 0 Å². The van der Waals surface area contributed by atoms with Gasteiger partial charge in [0.1, 0.15) is 0 Å². The summed E-state index contributed by atoms with van der Waals surface area (Å²) in [7, 11) is 0. The van der Waals surface area contributed by atoms with Crippen LogP contribution in [-0.2, 0) is 0 Å². The summed E-state index contributed by atoms with van der Waals surface area (Å²) in [5, 5.41) is 13.2. The molecule has 0 bridgehead atoms. The molecule has 2 N–H and O–H groups in total. The van der Waals surface area contributed by atoms with Crippen molar-refractivity contribution < 1.29 is 9.90 Å². The van der Waals surface area contributed by atoms with E-state index in [4.69, 9.17) is 0 Å². The fraction of sp³-hybridized carbons (Fsp3) is 0.316. The predicted octanol–water partition coefficient (Wildman–Crippen LogP) is 3.98. The maximum absolute atomic E-state index is 12.1. The lowest BCUT2D eigenvalue weighted by Gasteiger charge is -2.43. The van der Waals surface area contributed by atoms with Gasteiger partial charge in [-0.2, -0.15) is 0 Å². The van der Waals surface area contributed by atoms with Crippen molar-refractivity contribution >= 4 is 11.8 Å². The highest BCUT2D eigenvalue weighted by molar-refractivity contribution is 5.94. The van der Waals surface area contributed by atoms with Crippen LogP contribution in [0.1, 0.15) is 19.8 Å². The van der Waals surface area contributed by atoms with E-state index in [0.717, 1.165) is 42.7 Å². The number of para-hydroxylation sites is 1. The highest BCUT2D eigenvalue weighted by Crippen LogP contribution is 2.37. The van der Waals surface area contributed by atoms with Gasteiger partial charge < -0.3 is 10.4 Å². The van der Waals surface area contributed by atoms with E-state index in [9.17, 15) is 9.90 Å². The van der Waals surface area contributed by atoms with E-state index in [1.54, 1.807) is 4.90 Å². The van der Waals surface area contributed by atoms with Crippen molar-refractivity contribution in [3.05, 3.63) is 54.6 Å². The monoisotopic (exact) mass is 310 g/mol. The number of hydrogen-bond donors (Lipinski definition) is 2. The van der Waals surface area contributed by atoms with E-state index in [1.807, 2.05) is 61.5 Å². The van der Waals surface area contributed by atoms with Crippen molar-refractivity contribution in [2.45, 2.75) is 25.3 Å². The molecule has 2 aromatic rings. The number of anilines is 1. The molecule has 1 fully saturated rings. The maximum Gasteiger partial charge on any atom is 0.412 e. The smallest absolute Gasteiger partial charge is 0.412 e. The van der Waals surface area contributed by atoms with Gasteiger partial charge in [0.05, 0.1) is 11.2 Å². The molecule has 4 nitrogen and oxygen atoms in total. The van der Waals surface area contributed by atoms with Crippen LogP contribution in [0.3, 0.4) is 0 Å². The Bertz CT molecular complexity index is 679. The summed E-state index contributed by atoms with van der Waals surface area (Å²) >= 11 is 0. The van der Waals surface area contributed by atoms with Gasteiger partial charge in [-0.1, -0.05) is 48.5 Å². The van der Waals surface area contributed by atoms with E-state index in [-0.39, 0.29) is 5.54 Å². The van der Waals surface area contributed by atoms with Crippen LogP contribution in [0.4, 0.5) is 10.5 Å². The Hall–Kier alpha value is -2.33. The Morgan fingerprint density at radius 1 is 1.04 bits per heavy atom. The third-order valence-corrected chi connectivity index (χ3v) is 4.64. The largest absolute Gasteiger partial charge is 0.465 e. The third kappa shape index (κ3) is 3.08. The molecule has 0 saturated carbocycles. The van der Waals surface area contributed by atoms with Crippen LogP contribution in [0.5, 0.6) is 0 Å². The first-order valence-electron chi connectivity index (χ1n) is 8.00. The summed E-state index contributed by atoms with van der Waals surface area (Å²) < 4.78 is 0. The van der Waals surface area contributed by atoms with Gasteiger partial charge in [0.25, 0.3) is 0 Å². The number of piperidine rings is 1. The molecule has 23 heavy (non-hydrogen) atoms. The minimum Gasteiger partial charge on any atom is -0.465 e. The molecule has 1 heterocycles. The molecule has 0 spiro atoms. The quantitative estimate of drug-likeness (QED) is 0.901. The first-order valence-corrected chi connectivity index (χ1v) is 8.00. The number of rotatable bonds is 3. The minimum absolute atomic E-state index is 0.387. The highest BCUT2D eigenvalue weighted by atomic mass is 16.4. The number of amides is 1. The second-order valence-corrected chi connectivity index (χ2v) is 6.25. The zero-order chi connectivity index (χ0) is 16.3. The first kappa shape index (κ1) is 15.6. The Morgan fingerprint density at radius 3 is 2.30 bits per heavy atom. The van der Waals surface area contributed by atoms with E-state index in [2.05, 4.69) is 5.32 Å². The fourth-order valence-corrected chi connectivity index (χ4v) is 3.34. The lowest BCUT2D eigenvalue weighted by atomic mass is 9.87. The summed E-state index contributed by atoms with van der Waals surface area (Å²) in [4.78, 5) is 13.7. The topological polar surface area (TPSA) is 52.6 Å². The molecule has 3 rings (SSSR count). The van der Waals surface area contributed by atoms with Gasteiger partial charge in [-0.3, -0.25) is 4.90 Å². The molecule has 1 amide bonds. The molecule has 1 aliphatic rings. The fourth-order valence-electron chi connectivity index (χ4n) is 3.34. The van der Waals surface area contributed by atoms with Crippen molar-refractivity contribution in [1.82, 2.24) is 5.32 Å². The first-order chi connectivity index (χ1) is 11.1. The standard InChI is InChI=1S/C19H22N2O2/c1-19(11-13-20-14-12-19)21(18(22)23)17-10-6-5-9-16(17)15-7-3-2-4-8-15/h2-10,20H,11-14H2,1H3,(H,22,23). The minimum atomic E-state index is -0.891. The van der Waals surface area contributed by atoms with Gasteiger partial charge in [0, 0.05) is 5.56 Å². The van der Waals surface area contributed by atoms with Crippen LogP contribution < -0.4 is 10.2 Å². The normalized spacial score (nSPS) is 16.7. The average Bonchev–Trinajstić information content (AvgIpc) is 2.56. The molecular weight excluding hydrogens is 288 g/mol. The van der Waals surface area contributed by atoms with Gasteiger partial charge in [-0.25, -0.2) is 4.79 Å². The van der Waals surface area contributed by atoms with Crippen molar-refractivity contribution in [2.75, 3.05) is 18.0 Å². The van der Waals surface area contributed by atoms with Gasteiger partial charge in [-0.05, 0) is 44.5 Å². The summed E-state index contributed by atoms with van der Waals surface area (Å²) in [5.41, 5.74) is 2.36. The summed E-state index contributed by atoms with van der Waals surface area (Å²) in [6, 6.07) is 17.7. The molecule has 0 unspecified atom stereocenters. The van der Waals surface area contributed by atoms with Crippen molar-refractivity contribution in [3.8, 4) is 11.1 Å². The highest BCUT2D eigenvalue weighted by Gasteiger charge is 2.38. The second-order valence-electron chi connectivity index (χ2n) is 6.25. The molecule has 0 radical (unpaired) electrons. The van der Waals surface area contributed by atoms with Crippen LogP contribution in [-0.4, -0.2) is 29.8 Å². The van der Waals surface area contributed by atoms with Gasteiger partial charge in [0.2, 0.25) is 0 Å². The molecule has 4 heteroatoms. The Morgan fingerprint density at radius 2 is 1.65 bits per heavy atom. The molecule has 0 aromatic heterocycles. The van der Waals surface area contributed by atoms with E-state index in [0.29, 0.717) is 0 Å². The summed E-state index contributed by atoms with van der Waals surface area (Å²) in [6.45, 7) is 3.73. The molecule has 1 aliphatic heterocycles. The molecule has 120 valence electrons. The number of benzene rings is 2. The Balaban J connectivity index is 2.09. The van der Waals surface area contributed by atoms with Crippen molar-refractivity contribution in [2.24, 2.45) is 0 Å². The van der Waals surface area contributed by atoms with Gasteiger partial charge in [0.15, 0.2) is 0 Å². The number of nitrogens with one attached hydrogen (secondary N) is 1. The maximum atomic E-state index is 12.1. The SMILES string of the molecule is CC1(N(C(=O)O)c2ccccc2-c2ccccc2)CCNCC1. The van der Waals surface area contributed by atoms with Gasteiger partial charge in [-0.15, -0.1) is 0 Å². The molecule has 1 saturated heterocycles. The third-order valence-electron chi connectivity index (χ3n) is 4.64. The van der Waals surface area contributed by atoms with E-state index in [1.165, 1.54) is 0 Å². The van der Waals surface area contributed by atoms with Crippen LogP contribution >= 0.6 is 0 Å². The average molecular weight is 310 g/mol. The molecule has 0 atom stereocenters. The molecular formula is C19H22N2O2. The zero-order valence-electron chi connectivity index (χ0n) is 13.3. The number of carbonyl (C=O) groups is 1. The number of carboxylic acid groups (broad SMARTS) is 1. The van der Waals surface area contributed by atoms with E-state index < -0.39 is 6.09 Å². The second kappa shape index (κ2) is 6.42. The van der Waals surface area contributed by atoms with Crippen LogP contribution in [0.25, 0.3) is 11.1 Å². The lowest BCUT2D eigenvalue weighted by Crippen LogP contribution is -2.55. The molecule has 0 aliphatic carbocycles. The van der Waals surface area contributed by atoms with Crippen LogP contribution in [0, 0.1) is 0 Å². The van der Waals surface area contributed by atoms with Gasteiger partial charge >= 0.3 is 6.09 Å².